The Bertz CT molecular complexity index is 718. The van der Waals surface area contributed by atoms with E-state index in [9.17, 15) is 37.7 Å². The van der Waals surface area contributed by atoms with E-state index in [0.717, 1.165) is 0 Å². The second-order valence-corrected chi connectivity index (χ2v) is 4.78. The average Bonchev–Trinajstić information content (AvgIpc) is 2.49. The van der Waals surface area contributed by atoms with Crippen molar-refractivity contribution in [3.05, 3.63) is 39.4 Å². The van der Waals surface area contributed by atoms with Gasteiger partial charge in [-0.25, -0.2) is 4.79 Å². The molecule has 0 spiro atoms. The van der Waals surface area contributed by atoms with Crippen molar-refractivity contribution >= 4 is 23.5 Å². The molecule has 9 nitrogen and oxygen atoms in total. The number of hydrogen-bond acceptors (Lipinski definition) is 5. The maximum Gasteiger partial charge on any atom is 0.417 e. The first-order chi connectivity index (χ1) is 11.4. The Morgan fingerprint density at radius 1 is 1.24 bits per heavy atom. The van der Waals surface area contributed by atoms with Gasteiger partial charge in [0.15, 0.2) is 0 Å². The molecule has 0 aliphatic carbocycles. The monoisotopic (exact) mass is 364 g/mol. The van der Waals surface area contributed by atoms with Crippen molar-refractivity contribution in [1.82, 2.24) is 5.32 Å². The Balaban J connectivity index is 3.16. The molecule has 1 aromatic carbocycles. The molecule has 1 aromatic rings. The number of carboxylic acids is 2. The first-order valence-electron chi connectivity index (χ1n) is 6.54. The minimum Gasteiger partial charge on any atom is -0.481 e. The summed E-state index contributed by atoms with van der Waals surface area (Å²) in [5.41, 5.74) is -3.52. The van der Waals surface area contributed by atoms with E-state index in [1.54, 1.807) is 5.32 Å². The fourth-order valence-corrected chi connectivity index (χ4v) is 1.84. The molecule has 0 aliphatic rings. The lowest BCUT2D eigenvalue weighted by molar-refractivity contribution is -0.385. The summed E-state index contributed by atoms with van der Waals surface area (Å²) in [5, 5.41) is 29.8. The molecular formula is C13H11F3N2O7. The highest BCUT2D eigenvalue weighted by Crippen LogP contribution is 2.34. The van der Waals surface area contributed by atoms with Crippen LogP contribution in [-0.2, 0) is 15.8 Å². The maximum atomic E-state index is 13.0. The van der Waals surface area contributed by atoms with Crippen LogP contribution in [0.25, 0.3) is 0 Å². The van der Waals surface area contributed by atoms with Crippen LogP contribution in [0.4, 0.5) is 18.9 Å². The first-order valence-corrected chi connectivity index (χ1v) is 6.54. The van der Waals surface area contributed by atoms with E-state index in [4.69, 9.17) is 10.2 Å². The van der Waals surface area contributed by atoms with E-state index < -0.39 is 64.6 Å². The number of rotatable bonds is 7. The predicted molar refractivity (Wildman–Crippen MR) is 73.9 cm³/mol. The molecule has 0 fully saturated rings. The Labute approximate surface area is 137 Å². The van der Waals surface area contributed by atoms with Crippen LogP contribution < -0.4 is 5.32 Å². The van der Waals surface area contributed by atoms with E-state index in [1.807, 2.05) is 0 Å². The summed E-state index contributed by atoms with van der Waals surface area (Å²) >= 11 is 0. The number of aliphatic carboxylic acids is 2. The maximum absolute atomic E-state index is 13.0. The second kappa shape index (κ2) is 7.59. The normalized spacial score (nSPS) is 12.3. The minimum absolute atomic E-state index is 0.155. The van der Waals surface area contributed by atoms with Gasteiger partial charge in [-0.3, -0.25) is 19.7 Å². The van der Waals surface area contributed by atoms with Crippen LogP contribution in [0.2, 0.25) is 0 Å². The largest absolute Gasteiger partial charge is 0.481 e. The van der Waals surface area contributed by atoms with E-state index in [0.29, 0.717) is 12.1 Å². The van der Waals surface area contributed by atoms with Gasteiger partial charge in [-0.1, -0.05) is 0 Å². The van der Waals surface area contributed by atoms with E-state index in [2.05, 4.69) is 0 Å². The Morgan fingerprint density at radius 2 is 1.84 bits per heavy atom. The van der Waals surface area contributed by atoms with Gasteiger partial charge in [-0.15, -0.1) is 0 Å². The minimum atomic E-state index is -5.10. The van der Waals surface area contributed by atoms with Gasteiger partial charge < -0.3 is 15.5 Å². The number of nitrogens with one attached hydrogen (secondary N) is 1. The Hall–Kier alpha value is -3.18. The standard InChI is InChI=1S/C13H11F3N2O7/c14-13(15,16)8-5-6(18(24)25)1-2-7(8)11(21)17-9(12(22)23)3-4-10(19)20/h1-2,5,9H,3-4H2,(H,17,21)(H,19,20)(H,22,23)/t9-/m0/s1. The fourth-order valence-electron chi connectivity index (χ4n) is 1.84. The van der Waals surface area contributed by atoms with Gasteiger partial charge >= 0.3 is 18.1 Å². The Morgan fingerprint density at radius 3 is 2.28 bits per heavy atom. The summed E-state index contributed by atoms with van der Waals surface area (Å²) in [6, 6.07) is -0.370. The summed E-state index contributed by atoms with van der Waals surface area (Å²) in [6.07, 6.45) is -6.28. The quantitative estimate of drug-likeness (QED) is 0.492. The van der Waals surface area contributed by atoms with Crippen molar-refractivity contribution in [3.8, 4) is 0 Å². The van der Waals surface area contributed by atoms with Crippen molar-refractivity contribution in [3.63, 3.8) is 0 Å². The number of amides is 1. The molecule has 136 valence electrons. The summed E-state index contributed by atoms with van der Waals surface area (Å²) in [6.45, 7) is 0. The molecule has 1 rings (SSSR count). The van der Waals surface area contributed by atoms with Crippen LogP contribution >= 0.6 is 0 Å². The lowest BCUT2D eigenvalue weighted by atomic mass is 10.0. The molecule has 0 aliphatic heterocycles. The highest BCUT2D eigenvalue weighted by atomic mass is 19.4. The zero-order valence-electron chi connectivity index (χ0n) is 12.2. The van der Waals surface area contributed by atoms with Gasteiger partial charge in [0.05, 0.1) is 16.1 Å². The third kappa shape index (κ3) is 5.44. The number of nitrogens with zero attached hydrogens (tertiary/aromatic N) is 1. The number of carbonyl (C=O) groups is 3. The topological polar surface area (TPSA) is 147 Å². The second-order valence-electron chi connectivity index (χ2n) is 4.78. The molecule has 1 amide bonds. The van der Waals surface area contributed by atoms with Crippen LogP contribution in [-0.4, -0.2) is 39.0 Å². The lowest BCUT2D eigenvalue weighted by Crippen LogP contribution is -2.41. The Kier molecular flexibility index (Phi) is 6.03. The zero-order chi connectivity index (χ0) is 19.4. The number of nitro benzene ring substituents is 1. The molecule has 25 heavy (non-hydrogen) atoms. The van der Waals surface area contributed by atoms with Crippen LogP contribution in [0.15, 0.2) is 18.2 Å². The van der Waals surface area contributed by atoms with Crippen molar-refractivity contribution < 1.29 is 42.7 Å². The third-order valence-electron chi connectivity index (χ3n) is 3.01. The van der Waals surface area contributed by atoms with Crippen LogP contribution in [0.1, 0.15) is 28.8 Å². The molecule has 0 radical (unpaired) electrons. The summed E-state index contributed by atoms with van der Waals surface area (Å²) in [4.78, 5) is 42.9. The number of halogens is 3. The highest BCUT2D eigenvalue weighted by molar-refractivity contribution is 5.98. The highest BCUT2D eigenvalue weighted by Gasteiger charge is 2.37. The number of carboxylic acid groups (broad SMARTS) is 2. The van der Waals surface area contributed by atoms with Gasteiger partial charge in [0.2, 0.25) is 0 Å². The van der Waals surface area contributed by atoms with E-state index >= 15 is 0 Å². The van der Waals surface area contributed by atoms with E-state index in [-0.39, 0.29) is 6.07 Å². The third-order valence-corrected chi connectivity index (χ3v) is 3.01. The van der Waals surface area contributed by atoms with Gasteiger partial charge in [-0.2, -0.15) is 13.2 Å². The molecule has 0 heterocycles. The van der Waals surface area contributed by atoms with Crippen LogP contribution in [0, 0.1) is 10.1 Å². The van der Waals surface area contributed by atoms with Crippen molar-refractivity contribution in [2.24, 2.45) is 0 Å². The molecule has 0 saturated carbocycles. The van der Waals surface area contributed by atoms with Crippen molar-refractivity contribution in [2.75, 3.05) is 0 Å². The molecule has 12 heteroatoms. The molecule has 3 N–H and O–H groups in total. The van der Waals surface area contributed by atoms with Crippen molar-refractivity contribution in [2.45, 2.75) is 25.1 Å². The van der Waals surface area contributed by atoms with Crippen LogP contribution in [0.5, 0.6) is 0 Å². The number of alkyl halides is 3. The molecule has 1 atom stereocenters. The van der Waals surface area contributed by atoms with E-state index in [1.165, 1.54) is 0 Å². The predicted octanol–water partition coefficient (Wildman–Crippen LogP) is 1.66. The SMILES string of the molecule is O=C(O)CC[C@H](NC(=O)c1ccc([N+](=O)[O-])cc1C(F)(F)F)C(=O)O. The number of non-ortho nitro benzene ring substituents is 1. The van der Waals surface area contributed by atoms with Gasteiger partial charge in [0.25, 0.3) is 11.6 Å². The first kappa shape index (κ1) is 19.9. The van der Waals surface area contributed by atoms with Gasteiger partial charge in [0.1, 0.15) is 6.04 Å². The average molecular weight is 364 g/mol. The zero-order valence-corrected chi connectivity index (χ0v) is 12.2. The molecular weight excluding hydrogens is 353 g/mol. The van der Waals surface area contributed by atoms with Crippen LogP contribution in [0.3, 0.4) is 0 Å². The number of benzene rings is 1. The summed E-state index contributed by atoms with van der Waals surface area (Å²) in [7, 11) is 0. The van der Waals surface area contributed by atoms with Gasteiger partial charge in [0, 0.05) is 18.6 Å². The lowest BCUT2D eigenvalue weighted by Gasteiger charge is -2.16. The molecule has 0 aromatic heterocycles. The number of hydrogen-bond donors (Lipinski definition) is 3. The van der Waals surface area contributed by atoms with Gasteiger partial charge in [-0.05, 0) is 12.5 Å². The number of carbonyl (C=O) groups excluding carboxylic acids is 1. The number of nitro groups is 1. The van der Waals surface area contributed by atoms with Crippen molar-refractivity contribution in [1.29, 1.82) is 0 Å². The summed E-state index contributed by atoms with van der Waals surface area (Å²) < 4.78 is 39.0. The molecule has 0 bridgehead atoms. The summed E-state index contributed by atoms with van der Waals surface area (Å²) in [5.74, 6) is -4.43. The molecule has 0 unspecified atom stereocenters. The molecule has 0 saturated heterocycles. The fraction of sp³-hybridized carbons (Fsp3) is 0.308. The smallest absolute Gasteiger partial charge is 0.417 e.